The summed E-state index contributed by atoms with van der Waals surface area (Å²) in [5, 5.41) is 13.0. The highest BCUT2D eigenvalue weighted by molar-refractivity contribution is 5.50. The van der Waals surface area contributed by atoms with Gasteiger partial charge in [-0.2, -0.15) is 0 Å². The van der Waals surface area contributed by atoms with Crippen LogP contribution >= 0.6 is 0 Å². The molecule has 5 heteroatoms. The van der Waals surface area contributed by atoms with Crippen LogP contribution < -0.4 is 5.32 Å². The summed E-state index contributed by atoms with van der Waals surface area (Å²) in [5.74, 6) is 0. The van der Waals surface area contributed by atoms with Gasteiger partial charge in [-0.15, -0.1) is 0 Å². The molecule has 2 rings (SSSR count). The van der Waals surface area contributed by atoms with Crippen molar-refractivity contribution >= 4 is 11.7 Å². The number of rotatable bonds is 2. The molecule has 60 valence electrons. The second-order valence-corrected chi connectivity index (χ2v) is 2.16. The van der Waals surface area contributed by atoms with Crippen molar-refractivity contribution in [3.8, 4) is 0 Å². The molecule has 0 fully saturated rings. The molecule has 12 heavy (non-hydrogen) atoms. The second-order valence-electron chi connectivity index (χ2n) is 2.16. The Bertz CT molecular complexity index is 332. The summed E-state index contributed by atoms with van der Waals surface area (Å²) in [6.45, 7) is 0. The molecule has 0 aliphatic rings. The second kappa shape index (κ2) is 3.00. The maximum atomic E-state index is 4.65. The molecular formula is C7H6N4O. The molecule has 0 aliphatic heterocycles. The van der Waals surface area contributed by atoms with Gasteiger partial charge in [0.25, 0.3) is 0 Å². The first-order valence-electron chi connectivity index (χ1n) is 3.42. The van der Waals surface area contributed by atoms with Crippen molar-refractivity contribution in [1.29, 1.82) is 0 Å². The number of hydrogen-bond acceptors (Lipinski definition) is 5. The SMILES string of the molecule is c1ccc(Nc2nnno2)cc1. The lowest BCUT2D eigenvalue weighted by Gasteiger charge is -1.96. The summed E-state index contributed by atoms with van der Waals surface area (Å²) >= 11 is 0. The van der Waals surface area contributed by atoms with E-state index in [1.807, 2.05) is 30.3 Å². The van der Waals surface area contributed by atoms with E-state index in [-0.39, 0.29) is 0 Å². The Hall–Kier alpha value is -1.91. The van der Waals surface area contributed by atoms with Gasteiger partial charge in [0.1, 0.15) is 0 Å². The van der Waals surface area contributed by atoms with E-state index in [0.717, 1.165) is 5.69 Å². The number of nitrogens with one attached hydrogen (secondary N) is 1. The van der Waals surface area contributed by atoms with Crippen LogP contribution in [0.1, 0.15) is 0 Å². The quantitative estimate of drug-likeness (QED) is 0.718. The molecule has 0 saturated heterocycles. The third-order valence-electron chi connectivity index (χ3n) is 1.32. The zero-order valence-electron chi connectivity index (χ0n) is 6.14. The van der Waals surface area contributed by atoms with E-state index in [1.165, 1.54) is 0 Å². The third-order valence-corrected chi connectivity index (χ3v) is 1.32. The van der Waals surface area contributed by atoms with Gasteiger partial charge in [-0.25, -0.2) is 0 Å². The number of nitrogens with zero attached hydrogens (tertiary/aromatic N) is 3. The lowest BCUT2D eigenvalue weighted by molar-refractivity contribution is 0.406. The van der Waals surface area contributed by atoms with Crippen molar-refractivity contribution in [2.24, 2.45) is 0 Å². The molecule has 0 atom stereocenters. The zero-order valence-corrected chi connectivity index (χ0v) is 6.14. The highest BCUT2D eigenvalue weighted by Crippen LogP contribution is 2.10. The maximum Gasteiger partial charge on any atom is 0.346 e. The molecule has 2 aromatic rings. The zero-order chi connectivity index (χ0) is 8.23. The fraction of sp³-hybridized carbons (Fsp3) is 0. The van der Waals surface area contributed by atoms with Crippen LogP contribution in [0, 0.1) is 0 Å². The van der Waals surface area contributed by atoms with E-state index in [1.54, 1.807) is 0 Å². The largest absolute Gasteiger partial charge is 0.346 e. The lowest BCUT2D eigenvalue weighted by Crippen LogP contribution is -1.88. The number of benzene rings is 1. The number of aromatic nitrogens is 3. The average Bonchev–Trinajstić information content (AvgIpc) is 2.59. The van der Waals surface area contributed by atoms with Crippen LogP contribution in [0.25, 0.3) is 0 Å². The minimum absolute atomic E-state index is 0.293. The van der Waals surface area contributed by atoms with Crippen molar-refractivity contribution in [3.05, 3.63) is 30.3 Å². The Morgan fingerprint density at radius 2 is 2.00 bits per heavy atom. The smallest absolute Gasteiger partial charge is 0.306 e. The lowest BCUT2D eigenvalue weighted by atomic mass is 10.3. The van der Waals surface area contributed by atoms with E-state index in [4.69, 9.17) is 0 Å². The van der Waals surface area contributed by atoms with Crippen LogP contribution in [0.2, 0.25) is 0 Å². The van der Waals surface area contributed by atoms with Gasteiger partial charge in [-0.1, -0.05) is 23.3 Å². The highest BCUT2D eigenvalue weighted by Gasteiger charge is 1.97. The summed E-state index contributed by atoms with van der Waals surface area (Å²) < 4.78 is 4.65. The van der Waals surface area contributed by atoms with E-state index >= 15 is 0 Å². The molecule has 5 nitrogen and oxygen atoms in total. The summed E-state index contributed by atoms with van der Waals surface area (Å²) in [7, 11) is 0. The molecule has 1 heterocycles. The van der Waals surface area contributed by atoms with Crippen molar-refractivity contribution in [2.75, 3.05) is 5.32 Å². The molecule has 0 unspecified atom stereocenters. The van der Waals surface area contributed by atoms with E-state index in [0.29, 0.717) is 6.01 Å². The summed E-state index contributed by atoms with van der Waals surface area (Å²) in [4.78, 5) is 0. The van der Waals surface area contributed by atoms with Crippen molar-refractivity contribution in [1.82, 2.24) is 15.6 Å². The Kier molecular flexibility index (Phi) is 1.69. The summed E-state index contributed by atoms with van der Waals surface area (Å²) in [6, 6.07) is 9.82. The van der Waals surface area contributed by atoms with Crippen molar-refractivity contribution in [3.63, 3.8) is 0 Å². The van der Waals surface area contributed by atoms with E-state index < -0.39 is 0 Å². The minimum Gasteiger partial charge on any atom is -0.306 e. The molecule has 0 spiro atoms. The van der Waals surface area contributed by atoms with Gasteiger partial charge in [0.15, 0.2) is 0 Å². The van der Waals surface area contributed by atoms with Crippen molar-refractivity contribution in [2.45, 2.75) is 0 Å². The monoisotopic (exact) mass is 162 g/mol. The first kappa shape index (κ1) is 6.78. The van der Waals surface area contributed by atoms with E-state index in [9.17, 15) is 0 Å². The van der Waals surface area contributed by atoms with Gasteiger partial charge in [-0.05, 0) is 17.3 Å². The molecule has 1 N–H and O–H groups in total. The molecule has 1 aromatic carbocycles. The van der Waals surface area contributed by atoms with Crippen molar-refractivity contribution < 1.29 is 4.52 Å². The molecule has 0 amide bonds. The van der Waals surface area contributed by atoms with Crippen LogP contribution in [-0.4, -0.2) is 15.6 Å². The summed E-state index contributed by atoms with van der Waals surface area (Å²) in [6.07, 6.45) is 0. The van der Waals surface area contributed by atoms with Gasteiger partial charge in [0.2, 0.25) is 0 Å². The first-order valence-corrected chi connectivity index (χ1v) is 3.42. The van der Waals surface area contributed by atoms with Gasteiger partial charge in [0, 0.05) is 5.69 Å². The molecule has 1 aromatic heterocycles. The van der Waals surface area contributed by atoms with Crippen LogP contribution in [0.5, 0.6) is 0 Å². The Morgan fingerprint density at radius 1 is 1.17 bits per heavy atom. The van der Waals surface area contributed by atoms with Gasteiger partial charge in [-0.3, -0.25) is 4.52 Å². The topological polar surface area (TPSA) is 63.8 Å². The predicted molar refractivity (Wildman–Crippen MR) is 41.8 cm³/mol. The average molecular weight is 162 g/mol. The normalized spacial score (nSPS) is 9.67. The summed E-state index contributed by atoms with van der Waals surface area (Å²) in [5.41, 5.74) is 0.892. The molecule has 0 radical (unpaired) electrons. The van der Waals surface area contributed by atoms with Gasteiger partial charge in [0.05, 0.1) is 5.27 Å². The predicted octanol–water partition coefficient (Wildman–Crippen LogP) is 1.21. The molecular weight excluding hydrogens is 156 g/mol. The number of hydrogen-bond donors (Lipinski definition) is 1. The van der Waals surface area contributed by atoms with Crippen LogP contribution in [0.3, 0.4) is 0 Å². The fourth-order valence-corrected chi connectivity index (χ4v) is 0.827. The molecule has 0 bridgehead atoms. The Balaban J connectivity index is 2.15. The van der Waals surface area contributed by atoms with Crippen LogP contribution in [-0.2, 0) is 0 Å². The first-order chi connectivity index (χ1) is 5.95. The molecule has 0 aliphatic carbocycles. The minimum atomic E-state index is 0.293. The maximum absolute atomic E-state index is 4.65. The number of para-hydroxylation sites is 1. The van der Waals surface area contributed by atoms with E-state index in [2.05, 4.69) is 25.4 Å². The Morgan fingerprint density at radius 3 is 2.67 bits per heavy atom. The number of anilines is 2. The highest BCUT2D eigenvalue weighted by atomic mass is 16.5. The molecule has 0 saturated carbocycles. The van der Waals surface area contributed by atoms with Crippen LogP contribution in [0.15, 0.2) is 34.9 Å². The third kappa shape index (κ3) is 1.39. The fourth-order valence-electron chi connectivity index (χ4n) is 0.827. The van der Waals surface area contributed by atoms with Gasteiger partial charge < -0.3 is 5.32 Å². The Labute approximate surface area is 68.4 Å². The van der Waals surface area contributed by atoms with Crippen LogP contribution in [0.4, 0.5) is 11.7 Å². The standard InChI is InChI=1S/C7H6N4O/c1-2-4-6(5-3-1)8-7-9-10-11-12-7/h1-5H,(H,8,9,11). The van der Waals surface area contributed by atoms with Gasteiger partial charge >= 0.3 is 6.01 Å².